The molecule has 0 radical (unpaired) electrons. The summed E-state index contributed by atoms with van der Waals surface area (Å²) in [7, 11) is -2.81. The molecule has 0 unspecified atom stereocenters. The van der Waals surface area contributed by atoms with Gasteiger partial charge in [-0.2, -0.15) is 0 Å². The molecular formula is C30H36BrN5O6Si. The van der Waals surface area contributed by atoms with E-state index in [0.717, 1.165) is 27.0 Å². The molecule has 3 aromatic rings. The first-order chi connectivity index (χ1) is 20.5. The SMILES string of the molecule is C[C@H]1[C@H]([Si](C)(C)O)[C@@H](CCn2cc(CCO)nn2)O[C@]12C(=O)N(Cc1cccc(N3CCOC3=O)c1)c1ccc(Br)cc12. The first-order valence-corrected chi connectivity index (χ1v) is 18.4. The van der Waals surface area contributed by atoms with Crippen LogP contribution < -0.4 is 9.80 Å². The number of halogens is 1. The highest BCUT2D eigenvalue weighted by atomic mass is 79.9. The molecule has 1 aromatic heterocycles. The lowest BCUT2D eigenvalue weighted by atomic mass is 9.82. The largest absolute Gasteiger partial charge is 0.447 e. The standard InChI is InChI=1S/C30H36BrN5O6Si/c1-19-27(43(2,3)40)26(9-11-34-18-22(10-13-37)32-33-34)42-30(19)24-16-21(31)7-8-25(24)36(28(30)38)17-20-5-4-6-23(15-20)35-12-14-41-29(35)39/h4-8,15-16,18-19,26-27,37,40H,9-14,17H2,1-3H3/t19-,26+,27-,30+/m0/s1. The minimum atomic E-state index is -2.81. The van der Waals surface area contributed by atoms with E-state index in [0.29, 0.717) is 44.8 Å². The summed E-state index contributed by atoms with van der Waals surface area (Å²) >= 11 is 3.61. The zero-order valence-corrected chi connectivity index (χ0v) is 27.0. The molecule has 43 heavy (non-hydrogen) atoms. The lowest BCUT2D eigenvalue weighted by Crippen LogP contribution is -2.46. The summed E-state index contributed by atoms with van der Waals surface area (Å²) in [5.74, 6) is -0.447. The zero-order chi connectivity index (χ0) is 30.5. The Morgan fingerprint density at radius 1 is 1.19 bits per heavy atom. The third kappa shape index (κ3) is 5.31. The predicted octanol–water partition coefficient (Wildman–Crippen LogP) is 3.97. The Hall–Kier alpha value is -3.10. The molecule has 0 bridgehead atoms. The maximum absolute atomic E-state index is 14.7. The average molecular weight is 671 g/mol. The van der Waals surface area contributed by atoms with Crippen molar-refractivity contribution < 1.29 is 29.0 Å². The second-order valence-electron chi connectivity index (χ2n) is 12.1. The van der Waals surface area contributed by atoms with Crippen LogP contribution in [-0.2, 0) is 39.4 Å². The van der Waals surface area contributed by atoms with E-state index in [-0.39, 0.29) is 36.2 Å². The molecule has 1 spiro atoms. The van der Waals surface area contributed by atoms with E-state index >= 15 is 0 Å². The molecule has 3 aliphatic rings. The number of aliphatic hydroxyl groups is 1. The normalized spacial score (nSPS) is 25.2. The Kier molecular flexibility index (Phi) is 7.96. The van der Waals surface area contributed by atoms with Crippen LogP contribution in [0.4, 0.5) is 16.2 Å². The smallest absolute Gasteiger partial charge is 0.414 e. The van der Waals surface area contributed by atoms with Crippen LogP contribution in [0.1, 0.15) is 30.2 Å². The number of anilines is 2. The van der Waals surface area contributed by atoms with E-state index in [9.17, 15) is 19.5 Å². The van der Waals surface area contributed by atoms with Crippen molar-refractivity contribution in [3.8, 4) is 0 Å². The van der Waals surface area contributed by atoms with Gasteiger partial charge in [-0.3, -0.25) is 14.4 Å². The van der Waals surface area contributed by atoms with E-state index in [2.05, 4.69) is 26.2 Å². The van der Waals surface area contributed by atoms with Gasteiger partial charge in [0.25, 0.3) is 5.91 Å². The molecule has 6 rings (SSSR count). The molecule has 228 valence electrons. The van der Waals surface area contributed by atoms with Gasteiger partial charge in [0, 0.05) is 53.0 Å². The molecule has 13 heteroatoms. The summed E-state index contributed by atoms with van der Waals surface area (Å²) in [4.78, 5) is 41.7. The summed E-state index contributed by atoms with van der Waals surface area (Å²) < 4.78 is 14.6. The number of carbonyl (C=O) groups is 2. The number of nitrogens with zero attached hydrogens (tertiary/aromatic N) is 5. The number of carbonyl (C=O) groups excluding carboxylic acids is 2. The molecule has 2 aromatic carbocycles. The molecule has 4 heterocycles. The van der Waals surface area contributed by atoms with E-state index in [4.69, 9.17) is 9.47 Å². The van der Waals surface area contributed by atoms with Crippen LogP contribution in [-0.4, -0.2) is 71.1 Å². The Morgan fingerprint density at radius 3 is 2.72 bits per heavy atom. The number of cyclic esters (lactones) is 1. The van der Waals surface area contributed by atoms with Crippen molar-refractivity contribution in [3.63, 3.8) is 0 Å². The number of hydrogen-bond acceptors (Lipinski definition) is 8. The van der Waals surface area contributed by atoms with Gasteiger partial charge in [-0.1, -0.05) is 40.2 Å². The third-order valence-corrected chi connectivity index (χ3v) is 11.9. The average Bonchev–Trinajstić information content (AvgIpc) is 3.71. The summed E-state index contributed by atoms with van der Waals surface area (Å²) in [6.07, 6.45) is 2.03. The van der Waals surface area contributed by atoms with Gasteiger partial charge < -0.3 is 24.3 Å². The number of aliphatic hydroxyl groups excluding tert-OH is 1. The van der Waals surface area contributed by atoms with Crippen molar-refractivity contribution in [2.45, 2.75) is 63.2 Å². The summed E-state index contributed by atoms with van der Waals surface area (Å²) in [6.45, 7) is 7.47. The maximum Gasteiger partial charge on any atom is 0.414 e. The topological polar surface area (TPSA) is 130 Å². The van der Waals surface area contributed by atoms with Crippen LogP contribution in [0.5, 0.6) is 0 Å². The number of hydrogen-bond donors (Lipinski definition) is 2. The van der Waals surface area contributed by atoms with Crippen LogP contribution in [0.25, 0.3) is 0 Å². The fraction of sp³-hybridized carbons (Fsp3) is 0.467. The third-order valence-electron chi connectivity index (χ3n) is 8.87. The highest BCUT2D eigenvalue weighted by molar-refractivity contribution is 9.10. The lowest BCUT2D eigenvalue weighted by Gasteiger charge is -2.32. The van der Waals surface area contributed by atoms with Crippen molar-refractivity contribution in [1.29, 1.82) is 0 Å². The van der Waals surface area contributed by atoms with E-state index in [1.54, 1.807) is 14.5 Å². The van der Waals surface area contributed by atoms with Crippen LogP contribution in [0.15, 0.2) is 53.1 Å². The van der Waals surface area contributed by atoms with Gasteiger partial charge in [0.2, 0.25) is 0 Å². The van der Waals surface area contributed by atoms with E-state index in [1.807, 2.05) is 68.7 Å². The number of ether oxygens (including phenoxy) is 2. The monoisotopic (exact) mass is 669 g/mol. The summed E-state index contributed by atoms with van der Waals surface area (Å²) in [5, 5.41) is 17.5. The minimum absolute atomic E-state index is 0.000486. The van der Waals surface area contributed by atoms with Crippen LogP contribution in [0, 0.1) is 5.92 Å². The Morgan fingerprint density at radius 2 is 2.00 bits per heavy atom. The van der Waals surface area contributed by atoms with Gasteiger partial charge in [0.1, 0.15) is 6.61 Å². The van der Waals surface area contributed by atoms with Gasteiger partial charge in [-0.15, -0.1) is 5.10 Å². The van der Waals surface area contributed by atoms with Gasteiger partial charge in [0.15, 0.2) is 13.9 Å². The Bertz CT molecular complexity index is 1550. The molecular weight excluding hydrogens is 634 g/mol. The van der Waals surface area contributed by atoms with Crippen LogP contribution in [0.2, 0.25) is 18.6 Å². The zero-order valence-electron chi connectivity index (χ0n) is 24.4. The van der Waals surface area contributed by atoms with Crippen molar-refractivity contribution in [2.24, 2.45) is 5.92 Å². The second-order valence-corrected chi connectivity index (χ2v) is 17.0. The highest BCUT2D eigenvalue weighted by Crippen LogP contribution is 2.60. The Balaban J connectivity index is 1.33. The predicted molar refractivity (Wildman–Crippen MR) is 165 cm³/mol. The molecule has 0 saturated carbocycles. The van der Waals surface area contributed by atoms with Crippen LogP contribution >= 0.6 is 15.9 Å². The van der Waals surface area contributed by atoms with Crippen molar-refractivity contribution >= 4 is 47.6 Å². The molecule has 11 nitrogen and oxygen atoms in total. The van der Waals surface area contributed by atoms with Gasteiger partial charge in [-0.25, -0.2) is 4.79 Å². The molecule has 0 aliphatic carbocycles. The number of rotatable bonds is 9. The van der Waals surface area contributed by atoms with Gasteiger partial charge in [0.05, 0.1) is 30.6 Å². The van der Waals surface area contributed by atoms with Crippen molar-refractivity contribution in [3.05, 3.63) is 70.0 Å². The molecule has 2 fully saturated rings. The quantitative estimate of drug-likeness (QED) is 0.328. The number of aryl methyl sites for hydroxylation is 1. The molecule has 4 atom stereocenters. The van der Waals surface area contributed by atoms with E-state index < -0.39 is 13.9 Å². The van der Waals surface area contributed by atoms with Crippen LogP contribution in [0.3, 0.4) is 0 Å². The van der Waals surface area contributed by atoms with E-state index in [1.165, 1.54) is 0 Å². The second kappa shape index (κ2) is 11.4. The number of fused-ring (bicyclic) bond motifs is 2. The number of benzene rings is 2. The number of amides is 2. The highest BCUT2D eigenvalue weighted by Gasteiger charge is 2.66. The molecule has 3 aliphatic heterocycles. The first-order valence-electron chi connectivity index (χ1n) is 14.6. The van der Waals surface area contributed by atoms with Gasteiger partial charge >= 0.3 is 6.09 Å². The molecule has 2 N–H and O–H groups in total. The molecule has 2 amide bonds. The summed E-state index contributed by atoms with van der Waals surface area (Å²) in [5.41, 5.74) is 2.39. The minimum Gasteiger partial charge on any atom is -0.447 e. The fourth-order valence-electron chi connectivity index (χ4n) is 7.05. The maximum atomic E-state index is 14.7. The summed E-state index contributed by atoms with van der Waals surface area (Å²) in [6, 6.07) is 13.4. The van der Waals surface area contributed by atoms with Crippen molar-refractivity contribution in [2.75, 3.05) is 29.6 Å². The molecule has 2 saturated heterocycles. The Labute approximate surface area is 259 Å². The lowest BCUT2D eigenvalue weighted by molar-refractivity contribution is -0.146. The van der Waals surface area contributed by atoms with Gasteiger partial charge in [-0.05, 0) is 55.4 Å². The number of aromatic nitrogens is 3. The first kappa shape index (κ1) is 29.9. The fourth-order valence-corrected chi connectivity index (χ4v) is 10.0. The van der Waals surface area contributed by atoms with Crippen molar-refractivity contribution in [1.82, 2.24) is 15.0 Å².